The van der Waals surface area contributed by atoms with Crippen LogP contribution < -0.4 is 0 Å². The van der Waals surface area contributed by atoms with Crippen LogP contribution in [0.15, 0.2) is 267 Å². The standard InChI is InChI=1S/C76H50N2/c1-77-67-45-53(47-33-37-51(38-34-47)71-59-27-13-9-23-55(59)69(49-19-5-3-6-20-49)56-24-10-14-28-60(56)71)41-43-65(67)73-63-31-17-18-32-64(63)74-66-44-42-54(46-68(66)78(2)76(74)75(73)77)48-35-39-52(40-36-48)72-61-29-15-11-25-57(61)70(50-21-7-4-8-22-50)58-26-12-16-30-62(58)72/h3-46H,1-2H3. The average molecular weight is 991 g/mol. The molecule has 78 heavy (non-hydrogen) atoms. The van der Waals surface area contributed by atoms with Crippen molar-refractivity contribution >= 4 is 97.5 Å². The Bertz CT molecular complexity index is 4680. The third kappa shape index (κ3) is 6.50. The quantitative estimate of drug-likeness (QED) is 0.147. The summed E-state index contributed by atoms with van der Waals surface area (Å²) >= 11 is 0. The van der Waals surface area contributed by atoms with Gasteiger partial charge in [-0.1, -0.05) is 255 Å². The molecular formula is C76H50N2. The van der Waals surface area contributed by atoms with Gasteiger partial charge < -0.3 is 9.13 Å². The zero-order valence-electron chi connectivity index (χ0n) is 43.3. The molecule has 14 aromatic carbocycles. The molecule has 0 saturated heterocycles. The summed E-state index contributed by atoms with van der Waals surface area (Å²) in [6, 6.07) is 99.0. The molecule has 2 nitrogen and oxygen atoms in total. The third-order valence-electron chi connectivity index (χ3n) is 17.1. The highest BCUT2D eigenvalue weighted by Crippen LogP contribution is 2.48. The van der Waals surface area contributed by atoms with Crippen molar-refractivity contribution in [3.8, 4) is 66.8 Å². The molecule has 2 heterocycles. The summed E-state index contributed by atoms with van der Waals surface area (Å²) in [5, 5.41) is 17.8. The molecule has 0 spiro atoms. The van der Waals surface area contributed by atoms with Crippen molar-refractivity contribution in [1.82, 2.24) is 9.13 Å². The van der Waals surface area contributed by atoms with Gasteiger partial charge in [0.25, 0.3) is 0 Å². The topological polar surface area (TPSA) is 9.86 Å². The van der Waals surface area contributed by atoms with Crippen LogP contribution in [0.4, 0.5) is 0 Å². The highest BCUT2D eigenvalue weighted by atomic mass is 15.0. The summed E-state index contributed by atoms with van der Waals surface area (Å²) in [5.74, 6) is 0. The third-order valence-corrected chi connectivity index (χ3v) is 17.1. The van der Waals surface area contributed by atoms with E-state index >= 15 is 0 Å². The van der Waals surface area contributed by atoms with E-state index in [1.54, 1.807) is 0 Å². The predicted molar refractivity (Wildman–Crippen MR) is 335 cm³/mol. The van der Waals surface area contributed by atoms with E-state index in [1.807, 2.05) is 0 Å². The fourth-order valence-electron chi connectivity index (χ4n) is 13.6. The molecule has 0 atom stereocenters. The minimum atomic E-state index is 1.20. The highest BCUT2D eigenvalue weighted by molar-refractivity contribution is 6.36. The summed E-state index contributed by atoms with van der Waals surface area (Å²) in [7, 11) is 4.51. The van der Waals surface area contributed by atoms with Crippen LogP contribution in [0.3, 0.4) is 0 Å². The van der Waals surface area contributed by atoms with Gasteiger partial charge in [0.15, 0.2) is 0 Å². The van der Waals surface area contributed by atoms with E-state index in [0.717, 1.165) is 0 Å². The number of nitrogens with zero attached hydrogens (tertiary/aromatic N) is 2. The maximum Gasteiger partial charge on any atom is 0.0742 e. The molecule has 16 rings (SSSR count). The van der Waals surface area contributed by atoms with Gasteiger partial charge in [-0.15, -0.1) is 0 Å². The van der Waals surface area contributed by atoms with E-state index in [2.05, 4.69) is 290 Å². The SMILES string of the molecule is Cn1c2cc(-c3ccc(-c4c5ccccc5c(-c5ccccc5)c5ccccc45)cc3)ccc2c2c3ccccc3c3c4ccc(-c5ccc(-c6c7ccccc7c(-c7ccccc7)c7ccccc67)cc5)cc4n(C)c3c21. The van der Waals surface area contributed by atoms with E-state index in [4.69, 9.17) is 0 Å². The van der Waals surface area contributed by atoms with E-state index in [9.17, 15) is 0 Å². The van der Waals surface area contributed by atoms with E-state index in [-0.39, 0.29) is 0 Å². The highest BCUT2D eigenvalue weighted by Gasteiger charge is 2.23. The monoisotopic (exact) mass is 990 g/mol. The number of hydrogen-bond acceptors (Lipinski definition) is 0. The minimum Gasteiger partial charge on any atom is -0.342 e. The van der Waals surface area contributed by atoms with Gasteiger partial charge in [0.05, 0.1) is 11.0 Å². The van der Waals surface area contributed by atoms with Crippen molar-refractivity contribution in [2.75, 3.05) is 0 Å². The summed E-state index contributed by atoms with van der Waals surface area (Å²) in [5.41, 5.74) is 19.8. The van der Waals surface area contributed by atoms with Gasteiger partial charge in [-0.3, -0.25) is 0 Å². The number of rotatable bonds is 6. The second-order valence-corrected chi connectivity index (χ2v) is 21.1. The Morgan fingerprint density at radius 1 is 0.192 bits per heavy atom. The molecule has 0 unspecified atom stereocenters. The molecule has 16 aromatic rings. The van der Waals surface area contributed by atoms with Crippen LogP contribution in [0.5, 0.6) is 0 Å². The first kappa shape index (κ1) is 44.3. The Balaban J connectivity index is 0.803. The van der Waals surface area contributed by atoms with Crippen molar-refractivity contribution in [2.24, 2.45) is 14.1 Å². The number of aromatic nitrogens is 2. The van der Waals surface area contributed by atoms with Gasteiger partial charge >= 0.3 is 0 Å². The second-order valence-electron chi connectivity index (χ2n) is 21.1. The maximum atomic E-state index is 2.45. The van der Waals surface area contributed by atoms with Crippen molar-refractivity contribution in [3.05, 3.63) is 267 Å². The lowest BCUT2D eigenvalue weighted by Gasteiger charge is -2.18. The Labute approximate surface area is 451 Å². The van der Waals surface area contributed by atoms with Crippen molar-refractivity contribution in [1.29, 1.82) is 0 Å². The van der Waals surface area contributed by atoms with Crippen LogP contribution in [0, 0.1) is 0 Å². The van der Waals surface area contributed by atoms with Gasteiger partial charge in [0.2, 0.25) is 0 Å². The zero-order valence-corrected chi connectivity index (χ0v) is 43.3. The predicted octanol–water partition coefficient (Wildman–Crippen LogP) is 20.7. The smallest absolute Gasteiger partial charge is 0.0742 e. The molecule has 0 aliphatic carbocycles. The molecule has 0 aliphatic rings. The zero-order chi connectivity index (χ0) is 51.6. The van der Waals surface area contributed by atoms with Crippen LogP contribution >= 0.6 is 0 Å². The van der Waals surface area contributed by atoms with Crippen molar-refractivity contribution in [3.63, 3.8) is 0 Å². The van der Waals surface area contributed by atoms with Crippen LogP contribution in [0.1, 0.15) is 0 Å². The molecule has 2 heteroatoms. The first-order valence-corrected chi connectivity index (χ1v) is 27.1. The van der Waals surface area contributed by atoms with Gasteiger partial charge in [-0.25, -0.2) is 0 Å². The summed E-state index contributed by atoms with van der Waals surface area (Å²) in [4.78, 5) is 0. The van der Waals surface area contributed by atoms with E-state index in [1.165, 1.54) is 164 Å². The number of benzene rings is 14. The summed E-state index contributed by atoms with van der Waals surface area (Å²) in [6.07, 6.45) is 0. The van der Waals surface area contributed by atoms with Crippen LogP contribution in [0.25, 0.3) is 164 Å². The molecule has 0 N–H and O–H groups in total. The van der Waals surface area contributed by atoms with Crippen molar-refractivity contribution in [2.45, 2.75) is 0 Å². The van der Waals surface area contributed by atoms with Gasteiger partial charge in [-0.2, -0.15) is 0 Å². The maximum absolute atomic E-state index is 2.45. The lowest BCUT2D eigenvalue weighted by Crippen LogP contribution is -1.94. The van der Waals surface area contributed by atoms with Crippen LogP contribution in [0.2, 0.25) is 0 Å². The normalized spacial score (nSPS) is 12.0. The first-order valence-electron chi connectivity index (χ1n) is 27.1. The van der Waals surface area contributed by atoms with Gasteiger partial charge in [0.1, 0.15) is 0 Å². The Morgan fingerprint density at radius 2 is 0.423 bits per heavy atom. The lowest BCUT2D eigenvalue weighted by atomic mass is 9.86. The molecule has 0 radical (unpaired) electrons. The Hall–Kier alpha value is -10.0. The Kier molecular flexibility index (Phi) is 9.80. The molecular weight excluding hydrogens is 941 g/mol. The molecule has 0 saturated carbocycles. The van der Waals surface area contributed by atoms with Crippen molar-refractivity contribution < 1.29 is 0 Å². The molecule has 0 bridgehead atoms. The van der Waals surface area contributed by atoms with E-state index < -0.39 is 0 Å². The largest absolute Gasteiger partial charge is 0.342 e. The minimum absolute atomic E-state index is 1.20. The van der Waals surface area contributed by atoms with Gasteiger partial charge in [-0.05, 0) is 133 Å². The lowest BCUT2D eigenvalue weighted by molar-refractivity contribution is 0.987. The number of aryl methyl sites for hydroxylation is 2. The molecule has 2 aromatic heterocycles. The second kappa shape index (κ2) is 17.3. The van der Waals surface area contributed by atoms with Crippen LogP contribution in [-0.4, -0.2) is 9.13 Å². The summed E-state index contributed by atoms with van der Waals surface area (Å²) in [6.45, 7) is 0. The first-order chi connectivity index (χ1) is 38.6. The fraction of sp³-hybridized carbons (Fsp3) is 0.0263. The summed E-state index contributed by atoms with van der Waals surface area (Å²) < 4.78 is 4.89. The number of hydrogen-bond donors (Lipinski definition) is 0. The molecule has 0 fully saturated rings. The van der Waals surface area contributed by atoms with Gasteiger partial charge in [0, 0.05) is 46.7 Å². The molecule has 0 amide bonds. The average Bonchev–Trinajstić information content (AvgIpc) is 4.18. The number of fused-ring (bicyclic) bond motifs is 14. The Morgan fingerprint density at radius 3 is 0.718 bits per heavy atom. The van der Waals surface area contributed by atoms with Crippen LogP contribution in [-0.2, 0) is 14.1 Å². The fourth-order valence-corrected chi connectivity index (χ4v) is 13.6. The molecule has 0 aliphatic heterocycles. The molecule has 364 valence electrons. The van der Waals surface area contributed by atoms with E-state index in [0.29, 0.717) is 0 Å².